The number of para-hydroxylation sites is 1. The molecule has 21 heavy (non-hydrogen) atoms. The van der Waals surface area contributed by atoms with Gasteiger partial charge in [-0.1, -0.05) is 18.2 Å². The molecule has 1 aliphatic rings. The highest BCUT2D eigenvalue weighted by molar-refractivity contribution is 5.92. The van der Waals surface area contributed by atoms with E-state index in [0.717, 1.165) is 18.8 Å². The van der Waals surface area contributed by atoms with Crippen LogP contribution < -0.4 is 11.1 Å². The van der Waals surface area contributed by atoms with Gasteiger partial charge in [0, 0.05) is 44.8 Å². The maximum Gasteiger partial charge on any atom is 0.238 e. The lowest BCUT2D eigenvalue weighted by Gasteiger charge is -2.34. The number of nitrogens with zero attached hydrogens (tertiary/aromatic N) is 2. The lowest BCUT2D eigenvalue weighted by atomic mass is 10.2. The number of benzene rings is 1. The second kappa shape index (κ2) is 7.75. The zero-order valence-electron chi connectivity index (χ0n) is 12.1. The Morgan fingerprint density at radius 1 is 1.10 bits per heavy atom. The van der Waals surface area contributed by atoms with Crippen molar-refractivity contribution in [1.29, 1.82) is 0 Å². The Morgan fingerprint density at radius 3 is 2.38 bits per heavy atom. The summed E-state index contributed by atoms with van der Waals surface area (Å²) in [7, 11) is 0. The number of anilines is 1. The Kier molecular flexibility index (Phi) is 5.71. The van der Waals surface area contributed by atoms with Gasteiger partial charge in [-0.3, -0.25) is 14.5 Å². The van der Waals surface area contributed by atoms with Crippen molar-refractivity contribution >= 4 is 17.5 Å². The van der Waals surface area contributed by atoms with Gasteiger partial charge >= 0.3 is 0 Å². The molecule has 3 N–H and O–H groups in total. The monoisotopic (exact) mass is 290 g/mol. The SMILES string of the molecule is NCCC(=O)N1CCN(CC(=O)Nc2ccccc2)CC1. The Balaban J connectivity index is 1.73. The van der Waals surface area contributed by atoms with Gasteiger partial charge in [0.15, 0.2) is 0 Å². The normalized spacial score (nSPS) is 15.8. The molecule has 0 radical (unpaired) electrons. The summed E-state index contributed by atoms with van der Waals surface area (Å²) in [6.07, 6.45) is 0.397. The van der Waals surface area contributed by atoms with Crippen molar-refractivity contribution in [1.82, 2.24) is 9.80 Å². The summed E-state index contributed by atoms with van der Waals surface area (Å²) >= 11 is 0. The van der Waals surface area contributed by atoms with E-state index >= 15 is 0 Å². The van der Waals surface area contributed by atoms with Crippen molar-refractivity contribution < 1.29 is 9.59 Å². The van der Waals surface area contributed by atoms with Crippen LogP contribution in [0.1, 0.15) is 6.42 Å². The van der Waals surface area contributed by atoms with Crippen molar-refractivity contribution in [2.24, 2.45) is 5.73 Å². The van der Waals surface area contributed by atoms with E-state index in [-0.39, 0.29) is 11.8 Å². The minimum Gasteiger partial charge on any atom is -0.340 e. The van der Waals surface area contributed by atoms with Crippen LogP contribution in [0.4, 0.5) is 5.69 Å². The van der Waals surface area contributed by atoms with E-state index in [1.54, 1.807) is 0 Å². The Morgan fingerprint density at radius 2 is 1.76 bits per heavy atom. The molecule has 1 aromatic rings. The van der Waals surface area contributed by atoms with Crippen LogP contribution in [0.2, 0.25) is 0 Å². The lowest BCUT2D eigenvalue weighted by Crippen LogP contribution is -2.50. The van der Waals surface area contributed by atoms with E-state index in [9.17, 15) is 9.59 Å². The van der Waals surface area contributed by atoms with Crippen LogP contribution in [0, 0.1) is 0 Å². The Bertz CT molecular complexity index is 470. The van der Waals surface area contributed by atoms with Gasteiger partial charge in [0.05, 0.1) is 6.54 Å². The van der Waals surface area contributed by atoms with Gasteiger partial charge in [-0.25, -0.2) is 0 Å². The molecule has 0 bridgehead atoms. The molecule has 6 nitrogen and oxygen atoms in total. The largest absolute Gasteiger partial charge is 0.340 e. The highest BCUT2D eigenvalue weighted by Gasteiger charge is 2.21. The molecule has 114 valence electrons. The van der Waals surface area contributed by atoms with Gasteiger partial charge in [-0.15, -0.1) is 0 Å². The summed E-state index contributed by atoms with van der Waals surface area (Å²) in [4.78, 5) is 27.5. The van der Waals surface area contributed by atoms with E-state index in [2.05, 4.69) is 10.2 Å². The number of piperazine rings is 1. The third-order valence-corrected chi connectivity index (χ3v) is 3.51. The summed E-state index contributed by atoms with van der Waals surface area (Å²) in [5.41, 5.74) is 6.20. The summed E-state index contributed by atoms with van der Waals surface area (Å²) < 4.78 is 0. The second-order valence-electron chi connectivity index (χ2n) is 5.11. The molecular formula is C15H22N4O2. The first-order valence-corrected chi connectivity index (χ1v) is 7.24. The molecule has 0 aliphatic carbocycles. The molecule has 2 rings (SSSR count). The van der Waals surface area contributed by atoms with Crippen LogP contribution in [0.5, 0.6) is 0 Å². The predicted octanol–water partition coefficient (Wildman–Crippen LogP) is 0.118. The molecule has 1 aliphatic heterocycles. The lowest BCUT2D eigenvalue weighted by molar-refractivity contribution is -0.132. The van der Waals surface area contributed by atoms with Gasteiger partial charge in [0.1, 0.15) is 0 Å². The molecular weight excluding hydrogens is 268 g/mol. The van der Waals surface area contributed by atoms with Crippen LogP contribution in [0.3, 0.4) is 0 Å². The van der Waals surface area contributed by atoms with Crippen molar-refractivity contribution in [3.8, 4) is 0 Å². The van der Waals surface area contributed by atoms with E-state index in [4.69, 9.17) is 5.73 Å². The maximum atomic E-state index is 11.9. The molecule has 6 heteroatoms. The Hall–Kier alpha value is -1.92. The predicted molar refractivity (Wildman–Crippen MR) is 81.8 cm³/mol. The third-order valence-electron chi connectivity index (χ3n) is 3.51. The fourth-order valence-electron chi connectivity index (χ4n) is 2.36. The quantitative estimate of drug-likeness (QED) is 0.807. The van der Waals surface area contributed by atoms with Crippen molar-refractivity contribution in [2.75, 3.05) is 44.6 Å². The zero-order chi connectivity index (χ0) is 15.1. The number of nitrogens with two attached hydrogens (primary N) is 1. The molecule has 1 fully saturated rings. The smallest absolute Gasteiger partial charge is 0.238 e. The summed E-state index contributed by atoms with van der Waals surface area (Å²) in [6, 6.07) is 9.41. The maximum absolute atomic E-state index is 11.9. The van der Waals surface area contributed by atoms with Gasteiger partial charge in [-0.05, 0) is 12.1 Å². The highest BCUT2D eigenvalue weighted by Crippen LogP contribution is 2.07. The van der Waals surface area contributed by atoms with Crippen molar-refractivity contribution in [3.05, 3.63) is 30.3 Å². The molecule has 1 heterocycles. The average molecular weight is 290 g/mol. The number of hydrogen-bond acceptors (Lipinski definition) is 4. The van der Waals surface area contributed by atoms with Crippen molar-refractivity contribution in [2.45, 2.75) is 6.42 Å². The average Bonchev–Trinajstić information content (AvgIpc) is 2.49. The van der Waals surface area contributed by atoms with Gasteiger partial charge < -0.3 is 16.0 Å². The zero-order valence-corrected chi connectivity index (χ0v) is 12.1. The van der Waals surface area contributed by atoms with Gasteiger partial charge in [0.2, 0.25) is 11.8 Å². The molecule has 1 aromatic carbocycles. The summed E-state index contributed by atoms with van der Waals surface area (Å²) in [5.74, 6) is 0.0776. The fourth-order valence-corrected chi connectivity index (χ4v) is 2.36. The number of hydrogen-bond donors (Lipinski definition) is 2. The fraction of sp³-hybridized carbons (Fsp3) is 0.467. The minimum absolute atomic E-state index is 0.0251. The first kappa shape index (κ1) is 15.5. The van der Waals surface area contributed by atoms with Crippen molar-refractivity contribution in [3.63, 3.8) is 0 Å². The van der Waals surface area contributed by atoms with Crippen LogP contribution in [-0.2, 0) is 9.59 Å². The topological polar surface area (TPSA) is 78.7 Å². The number of carbonyl (C=O) groups excluding carboxylic acids is 2. The molecule has 0 saturated carbocycles. The summed E-state index contributed by atoms with van der Waals surface area (Å²) in [5, 5.41) is 2.87. The molecule has 0 spiro atoms. The molecule has 0 aromatic heterocycles. The standard InChI is InChI=1S/C15H22N4O2/c16-7-6-15(21)19-10-8-18(9-11-19)12-14(20)17-13-4-2-1-3-5-13/h1-5H,6-12,16H2,(H,17,20). The van der Waals surface area contributed by atoms with E-state index in [0.29, 0.717) is 32.6 Å². The number of rotatable bonds is 5. The molecule has 1 saturated heterocycles. The number of amides is 2. The van der Waals surface area contributed by atoms with Crippen LogP contribution in [-0.4, -0.2) is 60.9 Å². The first-order valence-electron chi connectivity index (χ1n) is 7.24. The van der Waals surface area contributed by atoms with Gasteiger partial charge in [-0.2, -0.15) is 0 Å². The number of nitrogens with one attached hydrogen (secondary N) is 1. The van der Waals surface area contributed by atoms with E-state index in [1.165, 1.54) is 0 Å². The minimum atomic E-state index is -0.0251. The third kappa shape index (κ3) is 4.84. The Labute approximate surface area is 124 Å². The summed E-state index contributed by atoms with van der Waals surface area (Å²) in [6.45, 7) is 3.51. The van der Waals surface area contributed by atoms with Gasteiger partial charge in [0.25, 0.3) is 0 Å². The van der Waals surface area contributed by atoms with E-state index < -0.39 is 0 Å². The van der Waals surface area contributed by atoms with Crippen LogP contribution >= 0.6 is 0 Å². The molecule has 0 atom stereocenters. The van der Waals surface area contributed by atoms with E-state index in [1.807, 2.05) is 35.2 Å². The molecule has 2 amide bonds. The first-order chi connectivity index (χ1) is 10.2. The van der Waals surface area contributed by atoms with Crippen LogP contribution in [0.25, 0.3) is 0 Å². The highest BCUT2D eigenvalue weighted by atomic mass is 16.2. The molecule has 0 unspecified atom stereocenters. The second-order valence-corrected chi connectivity index (χ2v) is 5.11. The number of carbonyl (C=O) groups is 2. The van der Waals surface area contributed by atoms with Crippen LogP contribution in [0.15, 0.2) is 30.3 Å².